The van der Waals surface area contributed by atoms with Crippen molar-refractivity contribution in [1.29, 1.82) is 0 Å². The number of carboxylic acid groups (broad SMARTS) is 1. The highest BCUT2D eigenvalue weighted by atomic mass is 16.4. The molecule has 0 aromatic heterocycles. The first-order valence-electron chi connectivity index (χ1n) is 9.34. The van der Waals surface area contributed by atoms with Gasteiger partial charge in [-0.3, -0.25) is 0 Å². The lowest BCUT2D eigenvalue weighted by molar-refractivity contribution is 0.0697. The number of phenolic OH excluding ortho intramolecular Hbond substituents is 5. The number of aromatic hydroxyl groups is 5. The van der Waals surface area contributed by atoms with Crippen molar-refractivity contribution in [2.75, 3.05) is 0 Å². The maximum Gasteiger partial charge on any atom is 0.335 e. The summed E-state index contributed by atoms with van der Waals surface area (Å²) in [4.78, 5) is 11.0. The SMILES string of the molecule is O=C(O)c1ccc(CCc2cc(O)c(O)cc2CCc2cc(O)c(O)c(O)c2)cc1. The molecule has 0 bridgehead atoms. The molecule has 0 fully saturated rings. The summed E-state index contributed by atoms with van der Waals surface area (Å²) >= 11 is 0. The lowest BCUT2D eigenvalue weighted by Gasteiger charge is -2.13. The van der Waals surface area contributed by atoms with Gasteiger partial charge in [0.25, 0.3) is 0 Å². The number of rotatable bonds is 7. The molecule has 0 aliphatic rings. The average Bonchev–Trinajstić information content (AvgIpc) is 2.71. The summed E-state index contributed by atoms with van der Waals surface area (Å²) in [5, 5.41) is 57.6. The van der Waals surface area contributed by atoms with Crippen molar-refractivity contribution in [2.24, 2.45) is 0 Å². The first-order chi connectivity index (χ1) is 14.2. The molecule has 0 atom stereocenters. The monoisotopic (exact) mass is 410 g/mol. The summed E-state index contributed by atoms with van der Waals surface area (Å²) < 4.78 is 0. The molecule has 0 radical (unpaired) electrons. The van der Waals surface area contributed by atoms with Crippen molar-refractivity contribution in [3.63, 3.8) is 0 Å². The summed E-state index contributed by atoms with van der Waals surface area (Å²) in [5.74, 6) is -2.85. The van der Waals surface area contributed by atoms with E-state index in [2.05, 4.69) is 0 Å². The van der Waals surface area contributed by atoms with Crippen LogP contribution in [0.25, 0.3) is 0 Å². The summed E-state index contributed by atoms with van der Waals surface area (Å²) in [5.41, 5.74) is 3.36. The molecule has 7 nitrogen and oxygen atoms in total. The van der Waals surface area contributed by atoms with Crippen molar-refractivity contribution in [2.45, 2.75) is 25.7 Å². The fourth-order valence-electron chi connectivity index (χ4n) is 3.31. The van der Waals surface area contributed by atoms with E-state index in [1.165, 1.54) is 36.4 Å². The Morgan fingerprint density at radius 2 is 1.07 bits per heavy atom. The number of carboxylic acids is 1. The van der Waals surface area contributed by atoms with E-state index < -0.39 is 23.2 Å². The van der Waals surface area contributed by atoms with Crippen molar-refractivity contribution in [3.8, 4) is 28.7 Å². The molecule has 7 heteroatoms. The Bertz CT molecular complexity index is 1050. The number of benzene rings is 3. The van der Waals surface area contributed by atoms with Crippen molar-refractivity contribution in [1.82, 2.24) is 0 Å². The zero-order valence-electron chi connectivity index (χ0n) is 16.0. The first-order valence-corrected chi connectivity index (χ1v) is 9.34. The normalized spacial score (nSPS) is 10.8. The molecule has 3 aromatic rings. The van der Waals surface area contributed by atoms with Crippen LogP contribution < -0.4 is 0 Å². The highest BCUT2D eigenvalue weighted by Crippen LogP contribution is 2.36. The van der Waals surface area contributed by atoms with E-state index in [4.69, 9.17) is 5.11 Å². The van der Waals surface area contributed by atoms with Gasteiger partial charge in [-0.05, 0) is 84.3 Å². The molecular formula is C23H22O7. The summed E-state index contributed by atoms with van der Waals surface area (Å²) in [6, 6.07) is 12.3. The molecule has 0 aliphatic heterocycles. The fraction of sp³-hybridized carbons (Fsp3) is 0.174. The first kappa shape index (κ1) is 20.9. The molecule has 30 heavy (non-hydrogen) atoms. The van der Waals surface area contributed by atoms with Gasteiger partial charge in [0, 0.05) is 0 Å². The van der Waals surface area contributed by atoms with Crippen molar-refractivity contribution < 1.29 is 35.4 Å². The van der Waals surface area contributed by atoms with Crippen LogP contribution in [0.15, 0.2) is 48.5 Å². The third kappa shape index (κ3) is 4.75. The molecule has 3 rings (SSSR count). The molecule has 156 valence electrons. The minimum atomic E-state index is -0.987. The van der Waals surface area contributed by atoms with Crippen LogP contribution in [0.4, 0.5) is 0 Å². The Kier molecular flexibility index (Phi) is 6.01. The molecule has 3 aromatic carbocycles. The topological polar surface area (TPSA) is 138 Å². The van der Waals surface area contributed by atoms with Crippen LogP contribution in [0.1, 0.15) is 32.6 Å². The van der Waals surface area contributed by atoms with E-state index in [0.717, 1.165) is 16.7 Å². The van der Waals surface area contributed by atoms with Gasteiger partial charge in [0.1, 0.15) is 0 Å². The predicted molar refractivity (Wildman–Crippen MR) is 109 cm³/mol. The quantitative estimate of drug-likeness (QED) is 0.328. The van der Waals surface area contributed by atoms with Crippen LogP contribution in [0, 0.1) is 0 Å². The van der Waals surface area contributed by atoms with Gasteiger partial charge in [0.05, 0.1) is 5.56 Å². The van der Waals surface area contributed by atoms with Gasteiger partial charge in [-0.25, -0.2) is 4.79 Å². The number of aryl methyl sites for hydroxylation is 4. The standard InChI is InChI=1S/C23H22O7/c24-18-11-16(7-3-13-1-5-15(6-2-13)23(29)30)17(12-19(18)25)8-4-14-9-20(26)22(28)21(27)10-14/h1-2,5-6,9-12,24-28H,3-4,7-8H2,(H,29,30). The van der Waals surface area contributed by atoms with E-state index in [-0.39, 0.29) is 17.1 Å². The van der Waals surface area contributed by atoms with E-state index in [1.807, 2.05) is 0 Å². The Morgan fingerprint density at radius 1 is 0.600 bits per heavy atom. The van der Waals surface area contributed by atoms with E-state index in [9.17, 15) is 30.3 Å². The number of hydrogen-bond acceptors (Lipinski definition) is 6. The Labute approximate surface area is 172 Å². The zero-order chi connectivity index (χ0) is 21.8. The fourth-order valence-corrected chi connectivity index (χ4v) is 3.31. The lowest BCUT2D eigenvalue weighted by atomic mass is 9.94. The van der Waals surface area contributed by atoms with Crippen molar-refractivity contribution in [3.05, 3.63) is 76.3 Å². The second-order valence-electron chi connectivity index (χ2n) is 7.09. The largest absolute Gasteiger partial charge is 0.504 e. The van der Waals surface area contributed by atoms with Gasteiger partial charge in [-0.1, -0.05) is 12.1 Å². The minimum absolute atomic E-state index is 0.210. The molecular weight excluding hydrogens is 388 g/mol. The predicted octanol–water partition coefficient (Wildman–Crippen LogP) is 3.48. The summed E-state index contributed by atoms with van der Waals surface area (Å²) in [7, 11) is 0. The average molecular weight is 410 g/mol. The smallest absolute Gasteiger partial charge is 0.335 e. The zero-order valence-corrected chi connectivity index (χ0v) is 16.0. The number of phenols is 5. The Hall–Kier alpha value is -3.87. The number of hydrogen-bond donors (Lipinski definition) is 6. The van der Waals surface area contributed by atoms with Crippen LogP contribution in [-0.2, 0) is 25.7 Å². The minimum Gasteiger partial charge on any atom is -0.504 e. The third-order valence-corrected chi connectivity index (χ3v) is 4.99. The third-order valence-electron chi connectivity index (χ3n) is 4.99. The molecule has 0 unspecified atom stereocenters. The molecule has 0 spiro atoms. The van der Waals surface area contributed by atoms with E-state index in [0.29, 0.717) is 31.2 Å². The van der Waals surface area contributed by atoms with Crippen LogP contribution in [0.3, 0.4) is 0 Å². The highest BCUT2D eigenvalue weighted by molar-refractivity contribution is 5.87. The van der Waals surface area contributed by atoms with Gasteiger partial charge in [0.15, 0.2) is 28.7 Å². The molecule has 6 N–H and O–H groups in total. The Morgan fingerprint density at radius 3 is 1.53 bits per heavy atom. The molecule has 0 aliphatic carbocycles. The van der Waals surface area contributed by atoms with Gasteiger partial charge in [0.2, 0.25) is 0 Å². The molecule has 0 saturated heterocycles. The number of aromatic carboxylic acids is 1. The molecule has 0 heterocycles. The van der Waals surface area contributed by atoms with Crippen LogP contribution >= 0.6 is 0 Å². The van der Waals surface area contributed by atoms with Crippen LogP contribution in [0.5, 0.6) is 28.7 Å². The van der Waals surface area contributed by atoms with Gasteiger partial charge < -0.3 is 30.6 Å². The van der Waals surface area contributed by atoms with Crippen LogP contribution in [-0.4, -0.2) is 36.6 Å². The van der Waals surface area contributed by atoms with Gasteiger partial charge in [-0.2, -0.15) is 0 Å². The van der Waals surface area contributed by atoms with Gasteiger partial charge >= 0.3 is 5.97 Å². The lowest BCUT2D eigenvalue weighted by Crippen LogP contribution is -2.01. The molecule has 0 amide bonds. The summed E-state index contributed by atoms with van der Waals surface area (Å²) in [6.07, 6.45) is 2.05. The van der Waals surface area contributed by atoms with E-state index >= 15 is 0 Å². The van der Waals surface area contributed by atoms with Gasteiger partial charge in [-0.15, -0.1) is 0 Å². The van der Waals surface area contributed by atoms with Crippen LogP contribution in [0.2, 0.25) is 0 Å². The highest BCUT2D eigenvalue weighted by Gasteiger charge is 2.12. The maximum atomic E-state index is 11.0. The molecule has 0 saturated carbocycles. The second kappa shape index (κ2) is 8.65. The number of carbonyl (C=O) groups is 1. The maximum absolute atomic E-state index is 11.0. The summed E-state index contributed by atoms with van der Waals surface area (Å²) in [6.45, 7) is 0. The van der Waals surface area contributed by atoms with Crippen molar-refractivity contribution >= 4 is 5.97 Å². The Balaban J connectivity index is 1.76. The van der Waals surface area contributed by atoms with E-state index in [1.54, 1.807) is 12.1 Å². The second-order valence-corrected chi connectivity index (χ2v) is 7.09.